The van der Waals surface area contributed by atoms with Gasteiger partial charge in [0.1, 0.15) is 17.3 Å². The van der Waals surface area contributed by atoms with Gasteiger partial charge in [0.15, 0.2) is 0 Å². The molecule has 1 amide bonds. The average Bonchev–Trinajstić information content (AvgIpc) is 2.69. The number of amides is 1. The second kappa shape index (κ2) is 7.77. The number of hydrogen-bond donors (Lipinski definition) is 2. The number of nitriles is 1. The molecule has 0 fully saturated rings. The van der Waals surface area contributed by atoms with Crippen molar-refractivity contribution in [1.29, 1.82) is 5.26 Å². The quantitative estimate of drug-likeness (QED) is 0.735. The summed E-state index contributed by atoms with van der Waals surface area (Å²) in [4.78, 5) is 20.5. The van der Waals surface area contributed by atoms with Gasteiger partial charge in [0.05, 0.1) is 31.1 Å². The van der Waals surface area contributed by atoms with E-state index in [1.807, 2.05) is 30.3 Å². The van der Waals surface area contributed by atoms with Crippen molar-refractivity contribution in [1.82, 2.24) is 9.97 Å². The van der Waals surface area contributed by atoms with Crippen molar-refractivity contribution >= 4 is 23.1 Å². The van der Waals surface area contributed by atoms with Crippen LogP contribution in [0.1, 0.15) is 16.1 Å². The second-order valence-corrected chi connectivity index (χ2v) is 5.29. The van der Waals surface area contributed by atoms with Gasteiger partial charge in [-0.2, -0.15) is 5.26 Å². The number of aromatic nitrogens is 2. The van der Waals surface area contributed by atoms with Crippen LogP contribution < -0.4 is 15.4 Å². The Hall–Kier alpha value is -3.92. The van der Waals surface area contributed by atoms with E-state index in [1.165, 1.54) is 12.4 Å². The number of nitrogens with one attached hydrogen (secondary N) is 2. The summed E-state index contributed by atoms with van der Waals surface area (Å²) >= 11 is 0. The first-order valence-electron chi connectivity index (χ1n) is 7.72. The lowest BCUT2D eigenvalue weighted by atomic mass is 10.2. The molecule has 7 nitrogen and oxygen atoms in total. The SMILES string of the molecule is COc1ccc(Nc2cnc(C(=O)Nc3cccc(C#N)c3)cn2)cc1. The Bertz CT molecular complexity index is 947. The summed E-state index contributed by atoms with van der Waals surface area (Å²) < 4.78 is 5.11. The molecule has 1 heterocycles. The van der Waals surface area contributed by atoms with Crippen LogP contribution in [0.15, 0.2) is 60.9 Å². The predicted molar refractivity (Wildman–Crippen MR) is 97.4 cm³/mol. The summed E-state index contributed by atoms with van der Waals surface area (Å²) in [6, 6.07) is 16.0. The maximum absolute atomic E-state index is 12.2. The monoisotopic (exact) mass is 345 g/mol. The van der Waals surface area contributed by atoms with E-state index in [-0.39, 0.29) is 5.69 Å². The van der Waals surface area contributed by atoms with E-state index in [9.17, 15) is 4.79 Å². The Balaban J connectivity index is 1.66. The van der Waals surface area contributed by atoms with E-state index >= 15 is 0 Å². The molecule has 2 aromatic carbocycles. The fourth-order valence-electron chi connectivity index (χ4n) is 2.19. The van der Waals surface area contributed by atoms with Crippen molar-refractivity contribution in [2.24, 2.45) is 0 Å². The standard InChI is InChI=1S/C19H15N5O2/c1-26-16-7-5-14(6-8-16)23-18-12-21-17(11-22-18)19(25)24-15-4-2-3-13(9-15)10-20/h2-9,11-12H,1H3,(H,22,23)(H,24,25). The van der Waals surface area contributed by atoms with Gasteiger partial charge < -0.3 is 15.4 Å². The zero-order valence-corrected chi connectivity index (χ0v) is 13.9. The molecule has 128 valence electrons. The van der Waals surface area contributed by atoms with Gasteiger partial charge in [0.25, 0.3) is 5.91 Å². The third-order valence-electron chi connectivity index (χ3n) is 3.50. The summed E-state index contributed by atoms with van der Waals surface area (Å²) in [5.74, 6) is 0.871. The van der Waals surface area contributed by atoms with Crippen LogP contribution in [0.2, 0.25) is 0 Å². The molecule has 0 aliphatic rings. The topological polar surface area (TPSA) is 99.9 Å². The second-order valence-electron chi connectivity index (χ2n) is 5.29. The zero-order valence-electron chi connectivity index (χ0n) is 13.9. The number of hydrogen-bond acceptors (Lipinski definition) is 6. The molecule has 0 aliphatic carbocycles. The minimum Gasteiger partial charge on any atom is -0.497 e. The summed E-state index contributed by atoms with van der Waals surface area (Å²) in [5, 5.41) is 14.7. The van der Waals surface area contributed by atoms with Gasteiger partial charge in [-0.05, 0) is 42.5 Å². The molecule has 0 radical (unpaired) electrons. The molecule has 0 saturated heterocycles. The van der Waals surface area contributed by atoms with E-state index in [4.69, 9.17) is 10.00 Å². The first-order valence-corrected chi connectivity index (χ1v) is 7.72. The highest BCUT2D eigenvalue weighted by Gasteiger charge is 2.09. The minimum absolute atomic E-state index is 0.174. The lowest BCUT2D eigenvalue weighted by molar-refractivity contribution is 0.102. The first-order chi connectivity index (χ1) is 12.7. The van der Waals surface area contributed by atoms with Crippen LogP contribution in [0, 0.1) is 11.3 Å². The largest absolute Gasteiger partial charge is 0.497 e. The van der Waals surface area contributed by atoms with Crippen LogP contribution in [0.5, 0.6) is 5.75 Å². The lowest BCUT2D eigenvalue weighted by Crippen LogP contribution is -2.14. The Morgan fingerprint density at radius 1 is 1.08 bits per heavy atom. The highest BCUT2D eigenvalue weighted by atomic mass is 16.5. The third-order valence-corrected chi connectivity index (χ3v) is 3.50. The van der Waals surface area contributed by atoms with Crippen LogP contribution in [0.3, 0.4) is 0 Å². The van der Waals surface area contributed by atoms with Crippen LogP contribution in [-0.4, -0.2) is 23.0 Å². The van der Waals surface area contributed by atoms with Crippen molar-refractivity contribution < 1.29 is 9.53 Å². The number of anilines is 3. The number of nitrogens with zero attached hydrogens (tertiary/aromatic N) is 3. The molecule has 0 bridgehead atoms. The predicted octanol–water partition coefficient (Wildman–Crippen LogP) is 3.35. The number of rotatable bonds is 5. The summed E-state index contributed by atoms with van der Waals surface area (Å²) in [6.45, 7) is 0. The molecular formula is C19H15N5O2. The Kier molecular flexibility index (Phi) is 5.05. The summed E-state index contributed by atoms with van der Waals surface area (Å²) in [5.41, 5.74) is 1.99. The third kappa shape index (κ3) is 4.13. The molecule has 7 heteroatoms. The van der Waals surface area contributed by atoms with Crippen LogP contribution in [0.4, 0.5) is 17.2 Å². The maximum atomic E-state index is 12.2. The average molecular weight is 345 g/mol. The van der Waals surface area contributed by atoms with E-state index in [0.29, 0.717) is 17.1 Å². The van der Waals surface area contributed by atoms with E-state index < -0.39 is 5.91 Å². The highest BCUT2D eigenvalue weighted by Crippen LogP contribution is 2.18. The number of methoxy groups -OCH3 is 1. The Labute approximate surface area is 150 Å². The molecule has 0 atom stereocenters. The van der Waals surface area contributed by atoms with Crippen molar-refractivity contribution in [2.45, 2.75) is 0 Å². The molecular weight excluding hydrogens is 330 g/mol. The van der Waals surface area contributed by atoms with Crippen LogP contribution in [-0.2, 0) is 0 Å². The molecule has 0 spiro atoms. The Morgan fingerprint density at radius 2 is 1.88 bits per heavy atom. The van der Waals surface area contributed by atoms with Gasteiger partial charge in [0.2, 0.25) is 0 Å². The normalized spacial score (nSPS) is 9.85. The lowest BCUT2D eigenvalue weighted by Gasteiger charge is -2.08. The molecule has 2 N–H and O–H groups in total. The first kappa shape index (κ1) is 16.9. The maximum Gasteiger partial charge on any atom is 0.275 e. The molecule has 0 unspecified atom stereocenters. The zero-order chi connectivity index (χ0) is 18.4. The van der Waals surface area contributed by atoms with Crippen molar-refractivity contribution in [3.63, 3.8) is 0 Å². The fourth-order valence-corrected chi connectivity index (χ4v) is 2.19. The van der Waals surface area contributed by atoms with Crippen LogP contribution >= 0.6 is 0 Å². The molecule has 26 heavy (non-hydrogen) atoms. The molecule has 1 aromatic heterocycles. The van der Waals surface area contributed by atoms with E-state index in [1.54, 1.807) is 31.4 Å². The molecule has 0 saturated carbocycles. The van der Waals surface area contributed by atoms with Crippen molar-refractivity contribution in [3.05, 3.63) is 72.2 Å². The van der Waals surface area contributed by atoms with Gasteiger partial charge in [-0.1, -0.05) is 6.07 Å². The smallest absolute Gasteiger partial charge is 0.275 e. The van der Waals surface area contributed by atoms with Gasteiger partial charge in [-0.25, -0.2) is 9.97 Å². The summed E-state index contributed by atoms with van der Waals surface area (Å²) in [6.07, 6.45) is 2.86. The number of carbonyl (C=O) groups is 1. The molecule has 3 rings (SSSR count). The van der Waals surface area contributed by atoms with E-state index in [2.05, 4.69) is 20.6 Å². The number of benzene rings is 2. The van der Waals surface area contributed by atoms with Gasteiger partial charge in [-0.3, -0.25) is 4.79 Å². The molecule has 0 aliphatic heterocycles. The number of ether oxygens (including phenoxy) is 1. The number of carbonyl (C=O) groups excluding carboxylic acids is 1. The van der Waals surface area contributed by atoms with Crippen molar-refractivity contribution in [3.8, 4) is 11.8 Å². The van der Waals surface area contributed by atoms with Gasteiger partial charge in [0, 0.05) is 11.4 Å². The van der Waals surface area contributed by atoms with Crippen molar-refractivity contribution in [2.75, 3.05) is 17.7 Å². The van der Waals surface area contributed by atoms with E-state index in [0.717, 1.165) is 11.4 Å². The fraction of sp³-hybridized carbons (Fsp3) is 0.0526. The highest BCUT2D eigenvalue weighted by molar-refractivity contribution is 6.02. The summed E-state index contributed by atoms with van der Waals surface area (Å²) in [7, 11) is 1.61. The van der Waals surface area contributed by atoms with Gasteiger partial charge in [-0.15, -0.1) is 0 Å². The molecule has 3 aromatic rings. The Morgan fingerprint density at radius 3 is 2.54 bits per heavy atom. The van der Waals surface area contributed by atoms with Crippen LogP contribution in [0.25, 0.3) is 0 Å². The van der Waals surface area contributed by atoms with Gasteiger partial charge >= 0.3 is 0 Å². The minimum atomic E-state index is -0.399.